The van der Waals surface area contributed by atoms with Gasteiger partial charge in [-0.3, -0.25) is 4.90 Å². The van der Waals surface area contributed by atoms with Crippen LogP contribution in [0.25, 0.3) is 0 Å². The summed E-state index contributed by atoms with van der Waals surface area (Å²) >= 11 is 0. The lowest BCUT2D eigenvalue weighted by atomic mass is 10.1. The first-order valence-electron chi connectivity index (χ1n) is 9.35. The van der Waals surface area contributed by atoms with Crippen LogP contribution < -0.4 is 14.4 Å². The first kappa shape index (κ1) is 19.9. The Hall–Kier alpha value is -2.82. The van der Waals surface area contributed by atoms with Crippen LogP contribution in [0.1, 0.15) is 17.5 Å². The van der Waals surface area contributed by atoms with E-state index in [4.69, 9.17) is 9.47 Å². The Balaban J connectivity index is 1.78. The molecule has 0 aliphatic carbocycles. The van der Waals surface area contributed by atoms with Crippen LogP contribution in [0.5, 0.6) is 11.5 Å². The summed E-state index contributed by atoms with van der Waals surface area (Å²) in [5.74, 6) is 2.24. The quantitative estimate of drug-likeness (QED) is 0.785. The fourth-order valence-corrected chi connectivity index (χ4v) is 3.64. The van der Waals surface area contributed by atoms with Gasteiger partial charge in [0.05, 0.1) is 19.8 Å². The molecule has 0 saturated carbocycles. The molecule has 0 spiro atoms. The number of hydrogen-bond acceptors (Lipinski definition) is 7. The second kappa shape index (κ2) is 9.40. The van der Waals surface area contributed by atoms with Gasteiger partial charge in [0.2, 0.25) is 0 Å². The summed E-state index contributed by atoms with van der Waals surface area (Å²) in [5.41, 5.74) is 1.68. The van der Waals surface area contributed by atoms with Crippen LogP contribution >= 0.6 is 0 Å². The third kappa shape index (κ3) is 4.53. The minimum atomic E-state index is 0.115. The van der Waals surface area contributed by atoms with Crippen molar-refractivity contribution in [3.05, 3.63) is 47.7 Å². The van der Waals surface area contributed by atoms with Crippen LogP contribution in [-0.2, 0) is 6.54 Å². The van der Waals surface area contributed by atoms with E-state index in [0.29, 0.717) is 18.5 Å². The molecule has 1 fully saturated rings. The number of aromatic nitrogens is 1. The van der Waals surface area contributed by atoms with Crippen molar-refractivity contribution in [2.24, 2.45) is 0 Å². The minimum absolute atomic E-state index is 0.115. The second-order valence-electron chi connectivity index (χ2n) is 6.79. The Morgan fingerprint density at radius 3 is 2.61 bits per heavy atom. The first-order valence-corrected chi connectivity index (χ1v) is 9.35. The predicted molar refractivity (Wildman–Crippen MR) is 107 cm³/mol. The molecular formula is C21H26N4O3. The van der Waals surface area contributed by atoms with Crippen LogP contribution in [0.3, 0.4) is 0 Å². The van der Waals surface area contributed by atoms with Gasteiger partial charge in [-0.2, -0.15) is 5.26 Å². The van der Waals surface area contributed by atoms with Gasteiger partial charge in [-0.15, -0.1) is 0 Å². The molecule has 1 aliphatic heterocycles. The van der Waals surface area contributed by atoms with Gasteiger partial charge in [0.15, 0.2) is 0 Å². The standard InChI is InChI=1S/C21H26N4O3/c1-27-19-10-16(11-20(12-19)28-2)14-24-7-8-25(15-18(24)5-9-26)21-17(13-22)4-3-6-23-21/h3-4,6,10-12,18,26H,5,7-9,14-15H2,1-2H3. The van der Waals surface area contributed by atoms with Crippen LogP contribution in [0, 0.1) is 11.3 Å². The summed E-state index contributed by atoms with van der Waals surface area (Å²) in [7, 11) is 3.29. The van der Waals surface area contributed by atoms with Crippen molar-refractivity contribution in [1.82, 2.24) is 9.88 Å². The summed E-state index contributed by atoms with van der Waals surface area (Å²) in [6, 6.07) is 11.8. The zero-order valence-electron chi connectivity index (χ0n) is 16.3. The molecule has 1 atom stereocenters. The topological polar surface area (TPSA) is 81.9 Å². The van der Waals surface area contributed by atoms with Gasteiger partial charge in [-0.25, -0.2) is 4.98 Å². The number of piperazine rings is 1. The number of aliphatic hydroxyl groups excluding tert-OH is 1. The average Bonchev–Trinajstić information content (AvgIpc) is 2.74. The number of hydrogen-bond donors (Lipinski definition) is 1. The maximum absolute atomic E-state index is 9.57. The van der Waals surface area contributed by atoms with E-state index in [9.17, 15) is 10.4 Å². The van der Waals surface area contributed by atoms with E-state index in [0.717, 1.165) is 42.5 Å². The van der Waals surface area contributed by atoms with E-state index in [-0.39, 0.29) is 12.6 Å². The minimum Gasteiger partial charge on any atom is -0.497 e. The number of pyridine rings is 1. The largest absolute Gasteiger partial charge is 0.497 e. The van der Waals surface area contributed by atoms with E-state index in [1.165, 1.54) is 0 Å². The van der Waals surface area contributed by atoms with E-state index in [2.05, 4.69) is 20.9 Å². The van der Waals surface area contributed by atoms with Gasteiger partial charge in [0, 0.05) is 51.1 Å². The van der Waals surface area contributed by atoms with Gasteiger partial charge < -0.3 is 19.5 Å². The number of benzene rings is 1. The summed E-state index contributed by atoms with van der Waals surface area (Å²) in [5, 5.41) is 18.9. The third-order valence-corrected chi connectivity index (χ3v) is 5.07. The highest BCUT2D eigenvalue weighted by Gasteiger charge is 2.28. The molecule has 1 unspecified atom stereocenters. The zero-order valence-corrected chi connectivity index (χ0v) is 16.3. The van der Waals surface area contributed by atoms with E-state index in [1.54, 1.807) is 32.5 Å². The lowest BCUT2D eigenvalue weighted by Gasteiger charge is -2.42. The summed E-state index contributed by atoms with van der Waals surface area (Å²) in [6.07, 6.45) is 2.37. The molecule has 2 heterocycles. The summed E-state index contributed by atoms with van der Waals surface area (Å²) in [6.45, 7) is 3.15. The monoisotopic (exact) mass is 382 g/mol. The normalized spacial score (nSPS) is 17.2. The van der Waals surface area contributed by atoms with Crippen molar-refractivity contribution in [1.29, 1.82) is 5.26 Å². The zero-order chi connectivity index (χ0) is 19.9. The lowest BCUT2D eigenvalue weighted by Crippen LogP contribution is -2.53. The molecule has 2 aromatic rings. The molecule has 7 heteroatoms. The second-order valence-corrected chi connectivity index (χ2v) is 6.79. The molecule has 1 aromatic heterocycles. The number of aliphatic hydroxyl groups is 1. The maximum Gasteiger partial charge on any atom is 0.146 e. The van der Waals surface area contributed by atoms with Crippen LogP contribution in [-0.4, -0.2) is 61.5 Å². The number of nitrogens with zero attached hydrogens (tertiary/aromatic N) is 4. The van der Waals surface area contributed by atoms with Crippen molar-refractivity contribution in [2.45, 2.75) is 19.0 Å². The van der Waals surface area contributed by atoms with E-state index >= 15 is 0 Å². The Kier molecular flexibility index (Phi) is 6.69. The van der Waals surface area contributed by atoms with Gasteiger partial charge >= 0.3 is 0 Å². The van der Waals surface area contributed by atoms with Crippen molar-refractivity contribution in [3.63, 3.8) is 0 Å². The molecule has 1 N–H and O–H groups in total. The van der Waals surface area contributed by atoms with Crippen molar-refractivity contribution in [3.8, 4) is 17.6 Å². The van der Waals surface area contributed by atoms with Gasteiger partial charge in [0.1, 0.15) is 23.4 Å². The Labute approximate surface area is 165 Å². The maximum atomic E-state index is 9.57. The molecular weight excluding hydrogens is 356 g/mol. The molecule has 3 rings (SSSR count). The van der Waals surface area contributed by atoms with Crippen LogP contribution in [0.4, 0.5) is 5.82 Å². The summed E-state index contributed by atoms with van der Waals surface area (Å²) in [4.78, 5) is 8.91. The Morgan fingerprint density at radius 2 is 1.96 bits per heavy atom. The molecule has 1 aliphatic rings. The van der Waals surface area contributed by atoms with E-state index in [1.807, 2.05) is 18.2 Å². The Morgan fingerprint density at radius 1 is 1.21 bits per heavy atom. The van der Waals surface area contributed by atoms with Crippen molar-refractivity contribution >= 4 is 5.82 Å². The fraction of sp³-hybridized carbons (Fsp3) is 0.429. The van der Waals surface area contributed by atoms with Crippen molar-refractivity contribution in [2.75, 3.05) is 45.4 Å². The van der Waals surface area contributed by atoms with Gasteiger partial charge in [-0.1, -0.05) is 0 Å². The highest BCUT2D eigenvalue weighted by atomic mass is 16.5. The van der Waals surface area contributed by atoms with Crippen LogP contribution in [0.2, 0.25) is 0 Å². The molecule has 148 valence electrons. The smallest absolute Gasteiger partial charge is 0.146 e. The average molecular weight is 382 g/mol. The highest BCUT2D eigenvalue weighted by molar-refractivity contribution is 5.54. The molecule has 0 bridgehead atoms. The van der Waals surface area contributed by atoms with Crippen LogP contribution in [0.15, 0.2) is 36.5 Å². The number of nitriles is 1. The number of methoxy groups -OCH3 is 2. The van der Waals surface area contributed by atoms with Crippen molar-refractivity contribution < 1.29 is 14.6 Å². The fourth-order valence-electron chi connectivity index (χ4n) is 3.64. The summed E-state index contributed by atoms with van der Waals surface area (Å²) < 4.78 is 10.8. The van der Waals surface area contributed by atoms with Gasteiger partial charge in [-0.05, 0) is 36.2 Å². The predicted octanol–water partition coefficient (Wildman–Crippen LogP) is 2.04. The molecule has 0 radical (unpaired) electrons. The number of ether oxygens (including phenoxy) is 2. The van der Waals surface area contributed by atoms with Gasteiger partial charge in [0.25, 0.3) is 0 Å². The Bertz CT molecular complexity index is 814. The molecule has 0 amide bonds. The molecule has 28 heavy (non-hydrogen) atoms. The SMILES string of the molecule is COc1cc(CN2CCN(c3ncccc3C#N)CC2CCO)cc(OC)c1. The number of rotatable bonds is 7. The third-order valence-electron chi connectivity index (χ3n) is 5.07. The molecule has 7 nitrogen and oxygen atoms in total. The van der Waals surface area contributed by atoms with E-state index < -0.39 is 0 Å². The molecule has 1 saturated heterocycles. The molecule has 1 aromatic carbocycles. The number of anilines is 1. The lowest BCUT2D eigenvalue weighted by molar-refractivity contribution is 0.135. The highest BCUT2D eigenvalue weighted by Crippen LogP contribution is 2.26. The first-order chi connectivity index (χ1) is 13.7.